The number of hydrogen-bond donors (Lipinski definition) is 3. The first-order valence-corrected chi connectivity index (χ1v) is 6.72. The number of aliphatic hydroxyl groups excluding tert-OH is 1. The number of nitrogens with two attached hydrogens (primary N) is 1. The number of nitrogen functional groups attached to an aromatic ring is 1. The van der Waals surface area contributed by atoms with Gasteiger partial charge >= 0.3 is 0 Å². The van der Waals surface area contributed by atoms with E-state index >= 15 is 0 Å². The van der Waals surface area contributed by atoms with Crippen LogP contribution in [0.25, 0.3) is 0 Å². The van der Waals surface area contributed by atoms with E-state index in [-0.39, 0.29) is 17.9 Å². The molecule has 1 fully saturated rings. The predicted octanol–water partition coefficient (Wildman–Crippen LogP) is 1.01. The van der Waals surface area contributed by atoms with Crippen molar-refractivity contribution in [2.24, 2.45) is 5.92 Å². The van der Waals surface area contributed by atoms with Gasteiger partial charge in [-0.05, 0) is 12.8 Å². The molecule has 1 heterocycles. The zero-order valence-electron chi connectivity index (χ0n) is 9.56. The van der Waals surface area contributed by atoms with Crippen LogP contribution in [-0.2, 0) is 0 Å². The Morgan fingerprint density at radius 2 is 2.35 bits per heavy atom. The molecule has 2 rings (SSSR count). The lowest BCUT2D eigenvalue weighted by Gasteiger charge is -2.27. The molecule has 5 nitrogen and oxygen atoms in total. The molecule has 1 aliphatic carbocycles. The Labute approximate surface area is 104 Å². The number of hydrogen-bond acceptors (Lipinski definition) is 5. The van der Waals surface area contributed by atoms with Crippen LogP contribution in [0, 0.1) is 5.92 Å². The SMILES string of the molecule is Nc1nc(C(=O)NCC2CCCCC2O)cs1. The highest BCUT2D eigenvalue weighted by Crippen LogP contribution is 2.23. The fraction of sp³-hybridized carbons (Fsp3) is 0.636. The Balaban J connectivity index is 1.83. The molecule has 1 amide bonds. The molecule has 1 aromatic rings. The number of amides is 1. The summed E-state index contributed by atoms with van der Waals surface area (Å²) in [6.07, 6.45) is 3.73. The lowest BCUT2D eigenvalue weighted by molar-refractivity contribution is 0.0662. The zero-order chi connectivity index (χ0) is 12.3. The van der Waals surface area contributed by atoms with Gasteiger partial charge in [0, 0.05) is 17.8 Å². The number of carbonyl (C=O) groups excluding carboxylic acids is 1. The van der Waals surface area contributed by atoms with Gasteiger partial charge in [0.15, 0.2) is 5.13 Å². The van der Waals surface area contributed by atoms with Gasteiger partial charge in [-0.1, -0.05) is 12.8 Å². The molecule has 17 heavy (non-hydrogen) atoms. The van der Waals surface area contributed by atoms with Gasteiger partial charge in [-0.3, -0.25) is 4.79 Å². The van der Waals surface area contributed by atoms with Crippen LogP contribution in [0.3, 0.4) is 0 Å². The Morgan fingerprint density at radius 1 is 1.59 bits per heavy atom. The van der Waals surface area contributed by atoms with Crippen LogP contribution in [-0.4, -0.2) is 28.6 Å². The van der Waals surface area contributed by atoms with Crippen molar-refractivity contribution in [2.45, 2.75) is 31.8 Å². The first-order valence-electron chi connectivity index (χ1n) is 5.84. The normalized spacial score (nSPS) is 24.5. The molecule has 4 N–H and O–H groups in total. The average Bonchev–Trinajstić information content (AvgIpc) is 2.74. The van der Waals surface area contributed by atoms with E-state index in [0.29, 0.717) is 17.4 Å². The monoisotopic (exact) mass is 255 g/mol. The van der Waals surface area contributed by atoms with E-state index in [2.05, 4.69) is 10.3 Å². The topological polar surface area (TPSA) is 88.2 Å². The molecule has 0 aliphatic heterocycles. The maximum Gasteiger partial charge on any atom is 0.270 e. The molecular formula is C11H17N3O2S. The molecular weight excluding hydrogens is 238 g/mol. The summed E-state index contributed by atoms with van der Waals surface area (Å²) >= 11 is 1.25. The summed E-state index contributed by atoms with van der Waals surface area (Å²) in [5, 5.41) is 14.6. The Morgan fingerprint density at radius 3 is 3.00 bits per heavy atom. The predicted molar refractivity (Wildman–Crippen MR) is 66.8 cm³/mol. The number of rotatable bonds is 3. The van der Waals surface area contributed by atoms with Crippen LogP contribution >= 0.6 is 11.3 Å². The largest absolute Gasteiger partial charge is 0.393 e. The fourth-order valence-electron chi connectivity index (χ4n) is 2.13. The first-order chi connectivity index (χ1) is 8.16. The molecule has 0 radical (unpaired) electrons. The van der Waals surface area contributed by atoms with E-state index in [4.69, 9.17) is 5.73 Å². The highest BCUT2D eigenvalue weighted by atomic mass is 32.1. The van der Waals surface area contributed by atoms with Gasteiger partial charge in [-0.2, -0.15) is 0 Å². The quantitative estimate of drug-likeness (QED) is 0.752. The fourth-order valence-corrected chi connectivity index (χ4v) is 2.68. The molecule has 1 aliphatic rings. The molecule has 94 valence electrons. The van der Waals surface area contributed by atoms with Crippen LogP contribution in [0.5, 0.6) is 0 Å². The van der Waals surface area contributed by atoms with Gasteiger partial charge in [0.1, 0.15) is 5.69 Å². The Bertz CT molecular complexity index is 394. The van der Waals surface area contributed by atoms with Crippen LogP contribution in [0.1, 0.15) is 36.2 Å². The molecule has 2 unspecified atom stereocenters. The van der Waals surface area contributed by atoms with E-state index < -0.39 is 0 Å². The van der Waals surface area contributed by atoms with Crippen molar-refractivity contribution in [1.82, 2.24) is 10.3 Å². The molecule has 0 bridgehead atoms. The van der Waals surface area contributed by atoms with E-state index in [1.54, 1.807) is 5.38 Å². The second-order valence-electron chi connectivity index (χ2n) is 4.39. The van der Waals surface area contributed by atoms with Gasteiger partial charge in [0.2, 0.25) is 0 Å². The van der Waals surface area contributed by atoms with E-state index in [1.165, 1.54) is 11.3 Å². The van der Waals surface area contributed by atoms with Crippen LogP contribution in [0.2, 0.25) is 0 Å². The maximum atomic E-state index is 11.7. The minimum Gasteiger partial charge on any atom is -0.393 e. The van der Waals surface area contributed by atoms with Gasteiger partial charge in [-0.25, -0.2) is 4.98 Å². The number of nitrogens with one attached hydrogen (secondary N) is 1. The van der Waals surface area contributed by atoms with Crippen molar-refractivity contribution < 1.29 is 9.90 Å². The molecule has 6 heteroatoms. The molecule has 2 atom stereocenters. The van der Waals surface area contributed by atoms with Crippen molar-refractivity contribution >= 4 is 22.4 Å². The second-order valence-corrected chi connectivity index (χ2v) is 5.28. The van der Waals surface area contributed by atoms with Crippen molar-refractivity contribution in [3.05, 3.63) is 11.1 Å². The minimum atomic E-state index is -0.287. The van der Waals surface area contributed by atoms with Crippen LogP contribution < -0.4 is 11.1 Å². The van der Waals surface area contributed by atoms with Crippen molar-refractivity contribution in [3.63, 3.8) is 0 Å². The molecule has 0 spiro atoms. The number of aromatic nitrogens is 1. The van der Waals surface area contributed by atoms with Gasteiger partial charge < -0.3 is 16.2 Å². The van der Waals surface area contributed by atoms with Gasteiger partial charge in [0.25, 0.3) is 5.91 Å². The molecule has 0 saturated heterocycles. The highest BCUT2D eigenvalue weighted by molar-refractivity contribution is 7.13. The van der Waals surface area contributed by atoms with E-state index in [9.17, 15) is 9.90 Å². The van der Waals surface area contributed by atoms with Crippen molar-refractivity contribution in [1.29, 1.82) is 0 Å². The third kappa shape index (κ3) is 3.17. The smallest absolute Gasteiger partial charge is 0.270 e. The summed E-state index contributed by atoms with van der Waals surface area (Å²) < 4.78 is 0. The zero-order valence-corrected chi connectivity index (χ0v) is 10.4. The van der Waals surface area contributed by atoms with Crippen LogP contribution in [0.15, 0.2) is 5.38 Å². The first kappa shape index (κ1) is 12.3. The number of thiazole rings is 1. The lowest BCUT2D eigenvalue weighted by atomic mass is 9.86. The van der Waals surface area contributed by atoms with Crippen molar-refractivity contribution in [3.8, 4) is 0 Å². The third-order valence-electron chi connectivity index (χ3n) is 3.15. The summed E-state index contributed by atoms with van der Waals surface area (Å²) in [4.78, 5) is 15.6. The molecule has 0 aromatic carbocycles. The van der Waals surface area contributed by atoms with E-state index in [1.807, 2.05) is 0 Å². The highest BCUT2D eigenvalue weighted by Gasteiger charge is 2.23. The summed E-state index contributed by atoms with van der Waals surface area (Å²) in [5.74, 6) is -0.0422. The molecule has 1 saturated carbocycles. The third-order valence-corrected chi connectivity index (χ3v) is 3.82. The average molecular weight is 255 g/mol. The maximum absolute atomic E-state index is 11.7. The van der Waals surface area contributed by atoms with Gasteiger partial charge in [0.05, 0.1) is 6.10 Å². The standard InChI is InChI=1S/C11H17N3O2S/c12-11-14-8(6-17-11)10(16)13-5-7-3-1-2-4-9(7)15/h6-7,9,15H,1-5H2,(H2,12,14)(H,13,16). The molecule has 1 aromatic heterocycles. The lowest BCUT2D eigenvalue weighted by Crippen LogP contribution is -2.36. The summed E-state index contributed by atoms with van der Waals surface area (Å²) in [6.45, 7) is 0.511. The number of aliphatic hydroxyl groups is 1. The second kappa shape index (κ2) is 5.46. The minimum absolute atomic E-state index is 0.170. The number of anilines is 1. The number of carbonyl (C=O) groups is 1. The summed E-state index contributed by atoms with van der Waals surface area (Å²) in [7, 11) is 0. The van der Waals surface area contributed by atoms with E-state index in [0.717, 1.165) is 25.7 Å². The van der Waals surface area contributed by atoms with Gasteiger partial charge in [-0.15, -0.1) is 11.3 Å². The Hall–Kier alpha value is -1.14. The summed E-state index contributed by atoms with van der Waals surface area (Å²) in [6, 6.07) is 0. The number of nitrogens with zero attached hydrogens (tertiary/aromatic N) is 1. The Kier molecular flexibility index (Phi) is 3.96. The van der Waals surface area contributed by atoms with Crippen molar-refractivity contribution in [2.75, 3.05) is 12.3 Å². The van der Waals surface area contributed by atoms with Crippen LogP contribution in [0.4, 0.5) is 5.13 Å². The summed E-state index contributed by atoms with van der Waals surface area (Å²) in [5.41, 5.74) is 5.82.